The second kappa shape index (κ2) is 7.78. The molecule has 0 radical (unpaired) electrons. The average molecular weight is 292 g/mol. The van der Waals surface area contributed by atoms with E-state index in [4.69, 9.17) is 5.11 Å². The van der Waals surface area contributed by atoms with Gasteiger partial charge in [0.15, 0.2) is 0 Å². The van der Waals surface area contributed by atoms with E-state index in [1.54, 1.807) is 11.8 Å². The monoisotopic (exact) mass is 292 g/mol. The van der Waals surface area contributed by atoms with Crippen LogP contribution in [0.15, 0.2) is 0 Å². The fourth-order valence-electron chi connectivity index (χ4n) is 1.80. The Balaban J connectivity index is 2.37. The summed E-state index contributed by atoms with van der Waals surface area (Å²) in [4.78, 5) is 24.4. The molecule has 1 saturated heterocycles. The summed E-state index contributed by atoms with van der Waals surface area (Å²) in [7, 11) is 0. The smallest absolute Gasteiger partial charge is 0.327 e. The fourth-order valence-corrected chi connectivity index (χ4v) is 3.46. The molecule has 0 aromatic carbocycles. The predicted octanol–water partition coefficient (Wildman–Crippen LogP) is 1.69. The van der Waals surface area contributed by atoms with Crippen LogP contribution in [-0.4, -0.2) is 57.7 Å². The van der Waals surface area contributed by atoms with Gasteiger partial charge in [-0.25, -0.2) is 9.59 Å². The van der Waals surface area contributed by atoms with Gasteiger partial charge in [0, 0.05) is 12.3 Å². The molecule has 1 fully saturated rings. The lowest BCUT2D eigenvalue weighted by molar-refractivity contribution is -0.141. The molecule has 104 valence electrons. The number of aliphatic carboxylic acids is 1. The molecule has 0 saturated carbocycles. The summed E-state index contributed by atoms with van der Waals surface area (Å²) >= 11 is 3.28. The Labute approximate surface area is 116 Å². The second-order valence-electron chi connectivity index (χ2n) is 4.13. The van der Waals surface area contributed by atoms with Crippen molar-refractivity contribution in [3.05, 3.63) is 0 Å². The summed E-state index contributed by atoms with van der Waals surface area (Å²) in [5.74, 6) is 0.629. The number of carbonyl (C=O) groups is 2. The number of urea groups is 1. The number of thioether (sulfide) groups is 2. The molecule has 2 N–H and O–H groups in total. The molecule has 0 aromatic rings. The van der Waals surface area contributed by atoms with E-state index in [9.17, 15) is 9.59 Å². The van der Waals surface area contributed by atoms with Crippen LogP contribution >= 0.6 is 23.5 Å². The zero-order valence-corrected chi connectivity index (χ0v) is 12.4. The zero-order chi connectivity index (χ0) is 13.5. The Morgan fingerprint density at radius 2 is 2.22 bits per heavy atom. The summed E-state index contributed by atoms with van der Waals surface area (Å²) in [6.07, 6.45) is 4.05. The number of carboxylic acids is 1. The molecule has 1 aliphatic rings. The second-order valence-corrected chi connectivity index (χ2v) is 6.46. The first-order chi connectivity index (χ1) is 8.57. The van der Waals surface area contributed by atoms with Crippen molar-refractivity contribution in [2.75, 3.05) is 24.3 Å². The van der Waals surface area contributed by atoms with Gasteiger partial charge in [-0.05, 0) is 31.8 Å². The molecule has 5 nitrogen and oxygen atoms in total. The number of rotatable bonds is 6. The number of hydrogen-bond acceptors (Lipinski definition) is 4. The van der Waals surface area contributed by atoms with Crippen LogP contribution in [0.5, 0.6) is 0 Å². The molecule has 2 atom stereocenters. The third-order valence-corrected chi connectivity index (χ3v) is 4.71. The van der Waals surface area contributed by atoms with Crippen molar-refractivity contribution in [2.24, 2.45) is 0 Å². The lowest BCUT2D eigenvalue weighted by atomic mass is 10.3. The molecule has 1 aliphatic heterocycles. The van der Waals surface area contributed by atoms with Crippen molar-refractivity contribution in [1.29, 1.82) is 0 Å². The van der Waals surface area contributed by atoms with Gasteiger partial charge in [0.1, 0.15) is 6.04 Å². The van der Waals surface area contributed by atoms with Gasteiger partial charge in [-0.15, -0.1) is 11.8 Å². The number of carboxylic acid groups (broad SMARTS) is 1. The van der Waals surface area contributed by atoms with Crippen molar-refractivity contribution >= 4 is 35.5 Å². The minimum atomic E-state index is -0.926. The van der Waals surface area contributed by atoms with E-state index in [2.05, 4.69) is 11.6 Å². The van der Waals surface area contributed by atoms with Gasteiger partial charge in [-0.1, -0.05) is 0 Å². The highest BCUT2D eigenvalue weighted by molar-refractivity contribution is 8.00. The van der Waals surface area contributed by atoms with E-state index < -0.39 is 12.0 Å². The molecule has 7 heteroatoms. The van der Waals surface area contributed by atoms with Crippen molar-refractivity contribution in [3.8, 4) is 0 Å². The summed E-state index contributed by atoms with van der Waals surface area (Å²) in [6, 6.07) is -0.958. The number of carbonyl (C=O) groups excluding carboxylic acids is 1. The zero-order valence-electron chi connectivity index (χ0n) is 10.7. The van der Waals surface area contributed by atoms with Crippen LogP contribution in [0.1, 0.15) is 19.8 Å². The van der Waals surface area contributed by atoms with E-state index in [-0.39, 0.29) is 11.4 Å². The van der Waals surface area contributed by atoms with Crippen LogP contribution in [-0.2, 0) is 4.79 Å². The molecule has 1 rings (SSSR count). The minimum absolute atomic E-state index is 0.0719. The van der Waals surface area contributed by atoms with Crippen LogP contribution < -0.4 is 5.32 Å². The summed E-state index contributed by atoms with van der Waals surface area (Å²) in [5, 5.41) is 11.8. The van der Waals surface area contributed by atoms with Gasteiger partial charge in [0.2, 0.25) is 0 Å². The number of nitrogens with zero attached hydrogens (tertiary/aromatic N) is 1. The maximum Gasteiger partial charge on any atom is 0.327 e. The molecule has 0 spiro atoms. The molecular formula is C11H20N2O3S2. The topological polar surface area (TPSA) is 69.6 Å². The maximum atomic E-state index is 11.9. The van der Waals surface area contributed by atoms with Gasteiger partial charge in [0.05, 0.1) is 5.37 Å². The quantitative estimate of drug-likeness (QED) is 0.729. The van der Waals surface area contributed by atoms with Crippen molar-refractivity contribution in [3.63, 3.8) is 0 Å². The van der Waals surface area contributed by atoms with Gasteiger partial charge >= 0.3 is 12.0 Å². The maximum absolute atomic E-state index is 11.9. The van der Waals surface area contributed by atoms with Gasteiger partial charge in [0.25, 0.3) is 0 Å². The summed E-state index contributed by atoms with van der Waals surface area (Å²) in [5.41, 5.74) is 0. The van der Waals surface area contributed by atoms with Crippen LogP contribution in [0, 0.1) is 0 Å². The van der Waals surface area contributed by atoms with E-state index in [1.807, 2.05) is 6.92 Å². The summed E-state index contributed by atoms with van der Waals surface area (Å²) < 4.78 is 0. The first-order valence-corrected chi connectivity index (χ1v) is 8.41. The largest absolute Gasteiger partial charge is 0.480 e. The van der Waals surface area contributed by atoms with E-state index in [0.29, 0.717) is 12.3 Å². The molecule has 0 bridgehead atoms. The fraction of sp³-hybridized carbons (Fsp3) is 0.818. The molecule has 0 aromatic heterocycles. The highest BCUT2D eigenvalue weighted by atomic mass is 32.2. The first kappa shape index (κ1) is 15.5. The molecular weight excluding hydrogens is 272 g/mol. The van der Waals surface area contributed by atoms with Crippen LogP contribution in [0.3, 0.4) is 0 Å². The normalized spacial score (nSPS) is 23.1. The highest BCUT2D eigenvalue weighted by Gasteiger charge is 2.39. The Kier molecular flexibility index (Phi) is 6.70. The molecule has 0 aliphatic carbocycles. The number of nitrogens with one attached hydrogen (secondary N) is 1. The van der Waals surface area contributed by atoms with Gasteiger partial charge < -0.3 is 10.4 Å². The van der Waals surface area contributed by atoms with E-state index in [0.717, 1.165) is 18.6 Å². The predicted molar refractivity (Wildman–Crippen MR) is 76.2 cm³/mol. The minimum Gasteiger partial charge on any atom is -0.480 e. The Morgan fingerprint density at radius 1 is 1.50 bits per heavy atom. The van der Waals surface area contributed by atoms with Crippen LogP contribution in [0.4, 0.5) is 4.79 Å². The molecule has 2 amide bonds. The van der Waals surface area contributed by atoms with Crippen molar-refractivity contribution in [1.82, 2.24) is 10.2 Å². The Bertz CT molecular complexity index is 302. The molecule has 18 heavy (non-hydrogen) atoms. The SMILES string of the molecule is CSCCCCNC(=O)N1C(C)SCC1C(=O)O. The number of unbranched alkanes of at least 4 members (excludes halogenated alkanes) is 1. The number of hydrogen-bond donors (Lipinski definition) is 2. The number of amides is 2. The molecule has 1 heterocycles. The highest BCUT2D eigenvalue weighted by Crippen LogP contribution is 2.28. The van der Waals surface area contributed by atoms with Crippen molar-refractivity contribution in [2.45, 2.75) is 31.2 Å². The lowest BCUT2D eigenvalue weighted by Gasteiger charge is -2.25. The van der Waals surface area contributed by atoms with Crippen LogP contribution in [0.2, 0.25) is 0 Å². The third kappa shape index (κ3) is 4.28. The van der Waals surface area contributed by atoms with E-state index >= 15 is 0 Å². The van der Waals surface area contributed by atoms with Crippen molar-refractivity contribution < 1.29 is 14.7 Å². The Hall–Kier alpha value is -0.560. The van der Waals surface area contributed by atoms with Gasteiger partial charge in [-0.2, -0.15) is 11.8 Å². The summed E-state index contributed by atoms with van der Waals surface area (Å²) in [6.45, 7) is 2.47. The Morgan fingerprint density at radius 3 is 2.83 bits per heavy atom. The third-order valence-electron chi connectivity index (χ3n) is 2.79. The standard InChI is InChI=1S/C11H20N2O3S2/c1-8-13(9(7-18-8)10(14)15)11(16)12-5-3-4-6-17-2/h8-9H,3-7H2,1-2H3,(H,12,16)(H,14,15). The van der Waals surface area contributed by atoms with Gasteiger partial charge in [-0.3, -0.25) is 4.90 Å². The first-order valence-electron chi connectivity index (χ1n) is 5.97. The van der Waals surface area contributed by atoms with Crippen LogP contribution in [0.25, 0.3) is 0 Å². The average Bonchev–Trinajstić information content (AvgIpc) is 2.71. The lowest BCUT2D eigenvalue weighted by Crippen LogP contribution is -2.49. The van der Waals surface area contributed by atoms with E-state index in [1.165, 1.54) is 16.7 Å². The molecule has 2 unspecified atom stereocenters.